The second kappa shape index (κ2) is 46.4. The zero-order chi connectivity index (χ0) is 74.0. The topological polar surface area (TPSA) is 336 Å². The number of carboxylic acids is 1. The van der Waals surface area contributed by atoms with Crippen molar-refractivity contribution in [3.05, 3.63) is 215 Å². The number of carbonyl (C=O) groups is 10. The predicted molar refractivity (Wildman–Crippen MR) is 396 cm³/mol. The first kappa shape index (κ1) is 81.8. The number of carbonyl (C=O) groups excluding carboxylic acids is 9. The van der Waals surface area contributed by atoms with Gasteiger partial charge in [-0.05, 0) is 124 Å². The van der Waals surface area contributed by atoms with Crippen LogP contribution in [0.4, 0.5) is 0 Å². The van der Waals surface area contributed by atoms with E-state index in [-0.39, 0.29) is 146 Å². The van der Waals surface area contributed by atoms with Crippen LogP contribution in [-0.4, -0.2) is 246 Å². The minimum absolute atomic E-state index is 0.00561. The molecule has 0 aliphatic heterocycles. The molecule has 0 aliphatic rings. The molecule has 0 aliphatic carbocycles. The molecule has 0 fully saturated rings. The molecule has 0 saturated heterocycles. The number of carboxylic acid groups (broad SMARTS) is 1. The summed E-state index contributed by atoms with van der Waals surface area (Å²) in [5, 5.41) is 13.1. The van der Waals surface area contributed by atoms with Crippen LogP contribution < -0.4 is 28.3 Å². The molecule has 0 unspecified atom stereocenters. The average molecular weight is 1410 g/mol. The molecule has 6 aromatic carbocycles. The highest BCUT2D eigenvalue weighted by molar-refractivity contribution is 5.98. The van der Waals surface area contributed by atoms with E-state index in [1.54, 1.807) is 89.8 Å². The summed E-state index contributed by atoms with van der Waals surface area (Å²) in [6.45, 7) is -0.0504. The largest absolute Gasteiger partial charge is 0.480 e. The van der Waals surface area contributed by atoms with Gasteiger partial charge in [0.1, 0.15) is 26.2 Å². The summed E-state index contributed by atoms with van der Waals surface area (Å²) in [5.74, 6) is -5.27. The first-order chi connectivity index (χ1) is 50.0. The number of hydrogen-bond acceptors (Lipinski definition) is 15. The fraction of sp³-hybridized carbons (Fsp3) is 0.410. The van der Waals surface area contributed by atoms with Gasteiger partial charge in [-0.15, -0.1) is 0 Å². The summed E-state index contributed by atoms with van der Waals surface area (Å²) in [6.07, 6.45) is 3.33. The minimum Gasteiger partial charge on any atom is -0.480 e. The van der Waals surface area contributed by atoms with Crippen LogP contribution in [0.2, 0.25) is 0 Å². The van der Waals surface area contributed by atoms with E-state index in [1.165, 1.54) is 39.2 Å². The Hall–Kier alpha value is -10.2. The van der Waals surface area contributed by atoms with E-state index in [9.17, 15) is 43.5 Å². The summed E-state index contributed by atoms with van der Waals surface area (Å²) in [4.78, 5) is 156. The molecule has 0 atom stereocenters. The lowest BCUT2D eigenvalue weighted by molar-refractivity contribution is -0.145. The van der Waals surface area contributed by atoms with E-state index in [2.05, 4.69) is 5.32 Å². The molecule has 6 aromatic rings. The van der Waals surface area contributed by atoms with Gasteiger partial charge in [-0.25, -0.2) is 0 Å². The molecule has 6 rings (SSSR count). The first-order valence-corrected chi connectivity index (χ1v) is 35.6. The number of aliphatic carboxylic acids is 1. The van der Waals surface area contributed by atoms with Crippen LogP contribution in [0.25, 0.3) is 0 Å². The van der Waals surface area contributed by atoms with Crippen LogP contribution in [0.5, 0.6) is 0 Å². The molecule has 0 saturated carbocycles. The van der Waals surface area contributed by atoms with Gasteiger partial charge in [0.15, 0.2) is 0 Å². The Labute approximate surface area is 605 Å². The lowest BCUT2D eigenvalue weighted by Gasteiger charge is -2.33. The lowest BCUT2D eigenvalue weighted by Crippen LogP contribution is -2.51. The zero-order valence-corrected chi connectivity index (χ0v) is 59.3. The van der Waals surface area contributed by atoms with E-state index in [4.69, 9.17) is 22.9 Å². The summed E-state index contributed by atoms with van der Waals surface area (Å²) in [6, 6.07) is 53.1. The van der Waals surface area contributed by atoms with Gasteiger partial charge in [0.25, 0.3) is 17.7 Å². The Morgan fingerprint density at radius 2 is 0.553 bits per heavy atom. The second-order valence-corrected chi connectivity index (χ2v) is 25.1. The number of unbranched alkanes of at least 4 members (excludes halogenated alkanes) is 2. The van der Waals surface area contributed by atoms with Crippen LogP contribution >= 0.6 is 0 Å². The van der Waals surface area contributed by atoms with E-state index in [0.717, 1.165) is 29.5 Å². The molecule has 0 bridgehead atoms. The average Bonchev–Trinajstić information content (AvgIpc) is 0.869. The normalized spacial score (nSPS) is 10.9. The Morgan fingerprint density at radius 1 is 0.272 bits per heavy atom. The smallest absolute Gasteiger partial charge is 0.323 e. The van der Waals surface area contributed by atoms with Gasteiger partial charge in [-0.3, -0.25) is 47.9 Å². The number of nitrogens with one attached hydrogen (secondary N) is 1. The van der Waals surface area contributed by atoms with Gasteiger partial charge in [0, 0.05) is 121 Å². The van der Waals surface area contributed by atoms with E-state index >= 15 is 9.59 Å². The van der Waals surface area contributed by atoms with Crippen molar-refractivity contribution in [1.29, 1.82) is 0 Å². The lowest BCUT2D eigenvalue weighted by atomic mass is 10.1. The molecular formula is C78H104N14O11. The van der Waals surface area contributed by atoms with Gasteiger partial charge < -0.3 is 77.5 Å². The molecular weight excluding hydrogens is 1310 g/mol. The number of amides is 9. The van der Waals surface area contributed by atoms with Crippen molar-refractivity contribution in [3.63, 3.8) is 0 Å². The molecule has 0 aromatic heterocycles. The fourth-order valence-electron chi connectivity index (χ4n) is 11.5. The first-order valence-electron chi connectivity index (χ1n) is 35.6. The molecule has 552 valence electrons. The van der Waals surface area contributed by atoms with Crippen molar-refractivity contribution >= 4 is 59.1 Å². The van der Waals surface area contributed by atoms with Gasteiger partial charge in [-0.1, -0.05) is 146 Å². The SMILES string of the molecule is NCCCCNCCN(CC(=O)N(CCN(CC(=O)N(CCN(CC(=O)N(CCCCN)CCN(CC(=O)N(CCN(CC(=O)O)C(=O)CCCN)Cc1ccccc1)C(=O)c1ccccc1)C(=O)c1ccccc1)Cc1ccccc1)C(=O)CCCN)Cc1ccccc1)C(=O)c1ccccc1. The Kier molecular flexibility index (Phi) is 36.8. The van der Waals surface area contributed by atoms with Crippen molar-refractivity contribution in [2.24, 2.45) is 22.9 Å². The Balaban J connectivity index is 1.28. The number of benzene rings is 6. The van der Waals surface area contributed by atoms with Gasteiger partial charge in [-0.2, -0.15) is 0 Å². The molecule has 0 spiro atoms. The molecule has 25 heteroatoms. The molecule has 10 N–H and O–H groups in total. The summed E-state index contributed by atoms with van der Waals surface area (Å²) < 4.78 is 0. The molecule has 0 heterocycles. The van der Waals surface area contributed by atoms with Crippen molar-refractivity contribution in [2.45, 2.75) is 71.0 Å². The standard InChI is InChI=1S/C78H104N14O11/c79-39-19-21-43-83-44-46-90(76(101)66-31-13-4-14-32-66)60-73(97)85(55-63-25-7-1-8-26-63)48-50-88(69(93)37-23-41-81)58-72(96)87(57-65-29-11-3-12-30-65)52-54-92(78(103)68-35-17-6-18-36-68)59-71(95)84(45-22-20-40-80)47-53-91(77(102)67-33-15-5-16-34-67)61-74(98)86(56-64-27-9-2-10-28-64)49-51-89(62-75(99)100)70(94)38-24-42-82/h1-18,25-36,83H,19-24,37-62,79-82H2,(H,99,100). The molecule has 0 radical (unpaired) electrons. The maximum atomic E-state index is 15.2. The highest BCUT2D eigenvalue weighted by atomic mass is 16.4. The van der Waals surface area contributed by atoms with Gasteiger partial charge >= 0.3 is 5.97 Å². The van der Waals surface area contributed by atoms with Crippen LogP contribution in [0.3, 0.4) is 0 Å². The van der Waals surface area contributed by atoms with Crippen LogP contribution in [0.1, 0.15) is 99.1 Å². The van der Waals surface area contributed by atoms with Crippen LogP contribution in [0.15, 0.2) is 182 Å². The Morgan fingerprint density at radius 3 is 0.903 bits per heavy atom. The summed E-state index contributed by atoms with van der Waals surface area (Å²) in [7, 11) is 0. The van der Waals surface area contributed by atoms with Crippen molar-refractivity contribution in [3.8, 4) is 0 Å². The summed E-state index contributed by atoms with van der Waals surface area (Å²) in [5.41, 5.74) is 26.6. The number of nitrogens with two attached hydrogens (primary N) is 4. The molecule has 25 nitrogen and oxygen atoms in total. The van der Waals surface area contributed by atoms with Crippen molar-refractivity contribution in [1.82, 2.24) is 49.4 Å². The quantitative estimate of drug-likeness (QED) is 0.0284. The van der Waals surface area contributed by atoms with E-state index < -0.39 is 67.6 Å². The maximum absolute atomic E-state index is 15.2. The van der Waals surface area contributed by atoms with Crippen molar-refractivity contribution < 1.29 is 53.1 Å². The van der Waals surface area contributed by atoms with Crippen LogP contribution in [-0.2, 0) is 53.2 Å². The minimum atomic E-state index is -1.23. The second-order valence-electron chi connectivity index (χ2n) is 25.1. The monoisotopic (exact) mass is 1410 g/mol. The Bertz CT molecular complexity index is 3550. The third-order valence-corrected chi connectivity index (χ3v) is 17.3. The molecule has 9 amide bonds. The highest BCUT2D eigenvalue weighted by Gasteiger charge is 2.31. The van der Waals surface area contributed by atoms with E-state index in [1.807, 2.05) is 97.1 Å². The number of rotatable bonds is 48. The fourth-order valence-corrected chi connectivity index (χ4v) is 11.5. The number of nitrogens with zero attached hydrogens (tertiary/aromatic N) is 9. The maximum Gasteiger partial charge on any atom is 0.323 e. The third kappa shape index (κ3) is 29.4. The van der Waals surface area contributed by atoms with Gasteiger partial charge in [0.2, 0.25) is 35.4 Å². The van der Waals surface area contributed by atoms with E-state index in [0.29, 0.717) is 57.4 Å². The summed E-state index contributed by atoms with van der Waals surface area (Å²) >= 11 is 0. The third-order valence-electron chi connectivity index (χ3n) is 17.3. The van der Waals surface area contributed by atoms with Crippen molar-refractivity contribution in [2.75, 3.05) is 137 Å². The molecule has 103 heavy (non-hydrogen) atoms. The van der Waals surface area contributed by atoms with Gasteiger partial charge in [0.05, 0.1) is 6.54 Å². The zero-order valence-electron chi connectivity index (χ0n) is 59.3. The highest BCUT2D eigenvalue weighted by Crippen LogP contribution is 2.17. The predicted octanol–water partition coefficient (Wildman–Crippen LogP) is 4.62. The van der Waals surface area contributed by atoms with Crippen LogP contribution in [0, 0.1) is 0 Å². The number of hydrogen-bond donors (Lipinski definition) is 6.